The summed E-state index contributed by atoms with van der Waals surface area (Å²) < 4.78 is 10.9. The minimum Gasteiger partial charge on any atom is -0.383 e. The number of benzene rings is 1. The maximum atomic E-state index is 5.94. The molecule has 3 heteroatoms. The molecule has 0 unspecified atom stereocenters. The van der Waals surface area contributed by atoms with Crippen LogP contribution in [-0.4, -0.2) is 39.5 Å². The van der Waals surface area contributed by atoms with Crippen LogP contribution in [-0.2, 0) is 9.47 Å². The van der Waals surface area contributed by atoms with Crippen LogP contribution in [0.2, 0.25) is 0 Å². The first kappa shape index (κ1) is 15.5. The van der Waals surface area contributed by atoms with E-state index in [1.165, 1.54) is 31.2 Å². The van der Waals surface area contributed by atoms with Gasteiger partial charge in [0.2, 0.25) is 0 Å². The predicted octanol–water partition coefficient (Wildman–Crippen LogP) is 2.97. The zero-order chi connectivity index (χ0) is 14.0. The van der Waals surface area contributed by atoms with E-state index in [2.05, 4.69) is 35.6 Å². The summed E-state index contributed by atoms with van der Waals surface area (Å²) in [6.07, 6.45) is 5.35. The molecule has 1 aromatic carbocycles. The van der Waals surface area contributed by atoms with Gasteiger partial charge in [-0.15, -0.1) is 0 Å². The predicted molar refractivity (Wildman–Crippen MR) is 82.1 cm³/mol. The average molecular weight is 277 g/mol. The van der Waals surface area contributed by atoms with E-state index in [4.69, 9.17) is 9.47 Å². The summed E-state index contributed by atoms with van der Waals surface area (Å²) in [4.78, 5) is 0. The smallest absolute Gasteiger partial charge is 0.0594 e. The summed E-state index contributed by atoms with van der Waals surface area (Å²) in [7, 11) is 1.73. The second-order valence-electron chi connectivity index (χ2n) is 5.50. The van der Waals surface area contributed by atoms with Crippen molar-refractivity contribution in [2.24, 2.45) is 0 Å². The maximum Gasteiger partial charge on any atom is 0.0594 e. The highest BCUT2D eigenvalue weighted by molar-refractivity contribution is 5.19. The third-order valence-corrected chi connectivity index (χ3v) is 4.06. The standard InChI is InChI=1S/C17H27NO2/c1-19-13-11-18-12-14-20-17-9-7-16(8-10-17)15-5-3-2-4-6-15/h2-6,16-18H,7-14H2,1H3. The Balaban J connectivity index is 1.58. The molecule has 1 saturated carbocycles. The number of rotatable bonds is 8. The molecule has 1 N–H and O–H groups in total. The molecule has 1 aromatic rings. The van der Waals surface area contributed by atoms with E-state index < -0.39 is 0 Å². The van der Waals surface area contributed by atoms with Gasteiger partial charge in [0.1, 0.15) is 0 Å². The number of ether oxygens (including phenoxy) is 2. The Morgan fingerprint density at radius 2 is 1.70 bits per heavy atom. The fourth-order valence-electron chi connectivity index (χ4n) is 2.89. The molecule has 2 rings (SSSR count). The fraction of sp³-hybridized carbons (Fsp3) is 0.647. The molecule has 112 valence electrons. The van der Waals surface area contributed by atoms with Gasteiger partial charge in [0, 0.05) is 20.2 Å². The summed E-state index contributed by atoms with van der Waals surface area (Å²) in [5, 5.41) is 3.31. The minimum absolute atomic E-state index is 0.458. The molecule has 20 heavy (non-hydrogen) atoms. The van der Waals surface area contributed by atoms with Gasteiger partial charge < -0.3 is 14.8 Å². The van der Waals surface area contributed by atoms with Gasteiger partial charge >= 0.3 is 0 Å². The van der Waals surface area contributed by atoms with E-state index in [1.54, 1.807) is 7.11 Å². The summed E-state index contributed by atoms with van der Waals surface area (Å²) in [5.41, 5.74) is 1.49. The van der Waals surface area contributed by atoms with Gasteiger partial charge in [-0.3, -0.25) is 0 Å². The number of nitrogens with one attached hydrogen (secondary N) is 1. The van der Waals surface area contributed by atoms with Crippen molar-refractivity contribution in [1.82, 2.24) is 5.32 Å². The maximum absolute atomic E-state index is 5.94. The second kappa shape index (κ2) is 9.11. The van der Waals surface area contributed by atoms with Gasteiger partial charge in [-0.25, -0.2) is 0 Å². The largest absolute Gasteiger partial charge is 0.383 e. The molecule has 0 amide bonds. The first-order chi connectivity index (χ1) is 9.90. The van der Waals surface area contributed by atoms with Crippen molar-refractivity contribution >= 4 is 0 Å². The zero-order valence-corrected chi connectivity index (χ0v) is 12.5. The van der Waals surface area contributed by atoms with Crippen molar-refractivity contribution in [1.29, 1.82) is 0 Å². The average Bonchev–Trinajstić information content (AvgIpc) is 2.52. The number of methoxy groups -OCH3 is 1. The molecule has 0 radical (unpaired) electrons. The van der Waals surface area contributed by atoms with Crippen molar-refractivity contribution in [2.45, 2.75) is 37.7 Å². The Kier molecular flexibility index (Phi) is 7.06. The first-order valence-electron chi connectivity index (χ1n) is 7.76. The SMILES string of the molecule is COCCNCCOC1CCC(c2ccccc2)CC1. The Hall–Kier alpha value is -0.900. The van der Waals surface area contributed by atoms with E-state index in [-0.39, 0.29) is 0 Å². The molecule has 0 aliphatic heterocycles. The van der Waals surface area contributed by atoms with Crippen LogP contribution in [0, 0.1) is 0 Å². The van der Waals surface area contributed by atoms with Crippen LogP contribution in [0.4, 0.5) is 0 Å². The van der Waals surface area contributed by atoms with E-state index in [0.29, 0.717) is 6.10 Å². The monoisotopic (exact) mass is 277 g/mol. The van der Waals surface area contributed by atoms with Gasteiger partial charge in [-0.1, -0.05) is 30.3 Å². The zero-order valence-electron chi connectivity index (χ0n) is 12.5. The molecule has 1 aliphatic carbocycles. The lowest BCUT2D eigenvalue weighted by molar-refractivity contribution is 0.0261. The van der Waals surface area contributed by atoms with E-state index in [9.17, 15) is 0 Å². The summed E-state index contributed by atoms with van der Waals surface area (Å²) >= 11 is 0. The third-order valence-electron chi connectivity index (χ3n) is 4.06. The summed E-state index contributed by atoms with van der Waals surface area (Å²) in [6, 6.07) is 10.9. The minimum atomic E-state index is 0.458. The molecule has 0 aromatic heterocycles. The molecular formula is C17H27NO2. The molecule has 0 bridgehead atoms. The van der Waals surface area contributed by atoms with Crippen LogP contribution >= 0.6 is 0 Å². The highest BCUT2D eigenvalue weighted by Crippen LogP contribution is 2.33. The molecule has 1 fully saturated rings. The molecule has 0 spiro atoms. The Labute approximate surface area is 122 Å². The van der Waals surface area contributed by atoms with Crippen LogP contribution in [0.3, 0.4) is 0 Å². The molecule has 3 nitrogen and oxygen atoms in total. The van der Waals surface area contributed by atoms with Crippen molar-refractivity contribution < 1.29 is 9.47 Å². The Morgan fingerprint density at radius 3 is 2.40 bits per heavy atom. The number of hydrogen-bond donors (Lipinski definition) is 1. The lowest BCUT2D eigenvalue weighted by Gasteiger charge is -2.29. The van der Waals surface area contributed by atoms with E-state index in [1.807, 2.05) is 0 Å². The lowest BCUT2D eigenvalue weighted by atomic mass is 9.83. The van der Waals surface area contributed by atoms with E-state index >= 15 is 0 Å². The van der Waals surface area contributed by atoms with Crippen LogP contribution in [0.15, 0.2) is 30.3 Å². The molecule has 0 atom stereocenters. The van der Waals surface area contributed by atoms with Gasteiger partial charge in [-0.2, -0.15) is 0 Å². The van der Waals surface area contributed by atoms with Crippen molar-refractivity contribution in [2.75, 3.05) is 33.4 Å². The highest BCUT2D eigenvalue weighted by atomic mass is 16.5. The van der Waals surface area contributed by atoms with Crippen molar-refractivity contribution in [3.63, 3.8) is 0 Å². The van der Waals surface area contributed by atoms with Gasteiger partial charge in [0.25, 0.3) is 0 Å². The van der Waals surface area contributed by atoms with E-state index in [0.717, 1.165) is 32.2 Å². The molecular weight excluding hydrogens is 250 g/mol. The van der Waals surface area contributed by atoms with Crippen LogP contribution in [0.25, 0.3) is 0 Å². The quantitative estimate of drug-likeness (QED) is 0.741. The fourth-order valence-corrected chi connectivity index (χ4v) is 2.89. The Bertz CT molecular complexity index is 347. The summed E-state index contributed by atoms with van der Waals surface area (Å²) in [6.45, 7) is 3.40. The lowest BCUT2D eigenvalue weighted by Crippen LogP contribution is -2.27. The topological polar surface area (TPSA) is 30.5 Å². The molecule has 1 aliphatic rings. The van der Waals surface area contributed by atoms with Crippen LogP contribution < -0.4 is 5.32 Å². The van der Waals surface area contributed by atoms with Crippen LogP contribution in [0.5, 0.6) is 0 Å². The van der Waals surface area contributed by atoms with Crippen LogP contribution in [0.1, 0.15) is 37.2 Å². The highest BCUT2D eigenvalue weighted by Gasteiger charge is 2.22. The molecule has 0 saturated heterocycles. The summed E-state index contributed by atoms with van der Waals surface area (Å²) in [5.74, 6) is 0.732. The third kappa shape index (κ3) is 5.23. The van der Waals surface area contributed by atoms with Gasteiger partial charge in [0.05, 0.1) is 19.3 Å². The Morgan fingerprint density at radius 1 is 1.00 bits per heavy atom. The second-order valence-corrected chi connectivity index (χ2v) is 5.50. The number of hydrogen-bond acceptors (Lipinski definition) is 3. The van der Waals surface area contributed by atoms with Gasteiger partial charge in [0.15, 0.2) is 0 Å². The van der Waals surface area contributed by atoms with Crippen molar-refractivity contribution in [3.05, 3.63) is 35.9 Å². The van der Waals surface area contributed by atoms with Gasteiger partial charge in [-0.05, 0) is 37.2 Å². The first-order valence-corrected chi connectivity index (χ1v) is 7.76. The molecule has 0 heterocycles. The van der Waals surface area contributed by atoms with Crippen molar-refractivity contribution in [3.8, 4) is 0 Å². The normalized spacial score (nSPS) is 22.9.